The Balaban J connectivity index is 1.69. The van der Waals surface area contributed by atoms with Gasteiger partial charge in [-0.2, -0.15) is 0 Å². The highest BCUT2D eigenvalue weighted by Gasteiger charge is 2.39. The van der Waals surface area contributed by atoms with Crippen LogP contribution in [-0.2, 0) is 9.53 Å². The summed E-state index contributed by atoms with van der Waals surface area (Å²) >= 11 is 1.47. The van der Waals surface area contributed by atoms with Crippen molar-refractivity contribution in [3.63, 3.8) is 0 Å². The first-order chi connectivity index (χ1) is 11.1. The standard InChI is InChI=1S/C16H17N3O3S/c1-18-11-6-19(5-10(15(18)20)7-22-8-11)16(21)12-3-2-4-13-14(12)23-9-17-13/h2-4,9-11H,5-8H2,1H3/t10-,11+/m1/s1. The first-order valence-corrected chi connectivity index (χ1v) is 8.49. The van der Waals surface area contributed by atoms with Crippen LogP contribution in [0.4, 0.5) is 0 Å². The molecule has 2 aliphatic heterocycles. The molecular weight excluding hydrogens is 314 g/mol. The molecule has 0 spiro atoms. The lowest BCUT2D eigenvalue weighted by Crippen LogP contribution is -2.45. The molecule has 0 saturated carbocycles. The van der Waals surface area contributed by atoms with Gasteiger partial charge >= 0.3 is 0 Å². The minimum atomic E-state index is -0.280. The van der Waals surface area contributed by atoms with Crippen LogP contribution in [0, 0.1) is 5.92 Å². The molecule has 7 heteroatoms. The average Bonchev–Trinajstić information content (AvgIpc) is 2.93. The van der Waals surface area contributed by atoms with Gasteiger partial charge in [-0.05, 0) is 12.1 Å². The highest BCUT2D eigenvalue weighted by atomic mass is 32.1. The average molecular weight is 331 g/mol. The van der Waals surface area contributed by atoms with E-state index in [2.05, 4.69) is 4.98 Å². The highest BCUT2D eigenvalue weighted by molar-refractivity contribution is 7.17. The van der Waals surface area contributed by atoms with Crippen LogP contribution in [0.2, 0.25) is 0 Å². The normalized spacial score (nSPS) is 24.8. The molecule has 2 aliphatic rings. The van der Waals surface area contributed by atoms with Crippen molar-refractivity contribution in [2.45, 2.75) is 6.04 Å². The molecule has 2 amide bonds. The van der Waals surface area contributed by atoms with Gasteiger partial charge in [0.1, 0.15) is 0 Å². The first-order valence-electron chi connectivity index (χ1n) is 7.61. The van der Waals surface area contributed by atoms with Gasteiger partial charge in [0, 0.05) is 20.1 Å². The molecule has 0 N–H and O–H groups in total. The van der Waals surface area contributed by atoms with Gasteiger partial charge in [0.25, 0.3) is 5.91 Å². The smallest absolute Gasteiger partial charge is 0.255 e. The maximum atomic E-state index is 13.0. The Labute approximate surface area is 137 Å². The summed E-state index contributed by atoms with van der Waals surface area (Å²) < 4.78 is 6.49. The number of aromatic nitrogens is 1. The second-order valence-corrected chi connectivity index (χ2v) is 6.91. The number of rotatable bonds is 1. The van der Waals surface area contributed by atoms with Gasteiger partial charge in [-0.25, -0.2) is 4.98 Å². The predicted octanol–water partition coefficient (Wildman–Crippen LogP) is 1.23. The summed E-state index contributed by atoms with van der Waals surface area (Å²) in [6.07, 6.45) is 0. The SMILES string of the molecule is CN1C(=O)[C@H]2COC[C@@H]1CN(C(=O)c1cccc3ncsc13)C2. The summed E-state index contributed by atoms with van der Waals surface area (Å²) in [7, 11) is 1.80. The van der Waals surface area contributed by atoms with Crippen molar-refractivity contribution in [1.82, 2.24) is 14.8 Å². The summed E-state index contributed by atoms with van der Waals surface area (Å²) in [5, 5.41) is 0. The van der Waals surface area contributed by atoms with Gasteiger partial charge in [0.15, 0.2) is 0 Å². The quantitative estimate of drug-likeness (QED) is 0.788. The number of nitrogens with zero attached hydrogens (tertiary/aromatic N) is 3. The molecule has 23 heavy (non-hydrogen) atoms. The second kappa shape index (κ2) is 5.58. The van der Waals surface area contributed by atoms with Crippen LogP contribution in [0.5, 0.6) is 0 Å². The fraction of sp³-hybridized carbons (Fsp3) is 0.438. The minimum Gasteiger partial charge on any atom is -0.378 e. The number of ether oxygens (including phenoxy) is 1. The van der Waals surface area contributed by atoms with E-state index < -0.39 is 0 Å². The molecule has 3 heterocycles. The van der Waals surface area contributed by atoms with E-state index in [1.807, 2.05) is 18.2 Å². The molecule has 2 aromatic rings. The number of amides is 2. The Kier molecular flexibility index (Phi) is 3.54. The van der Waals surface area contributed by atoms with Crippen LogP contribution in [0.1, 0.15) is 10.4 Å². The van der Waals surface area contributed by atoms with Gasteiger partial charge in [-0.3, -0.25) is 9.59 Å². The van der Waals surface area contributed by atoms with E-state index in [4.69, 9.17) is 4.74 Å². The van der Waals surface area contributed by atoms with E-state index in [0.717, 1.165) is 10.2 Å². The fourth-order valence-electron chi connectivity index (χ4n) is 3.29. The number of likely N-dealkylation sites (N-methyl/N-ethyl adjacent to an activating group) is 1. The zero-order chi connectivity index (χ0) is 16.0. The van der Waals surface area contributed by atoms with Gasteiger partial charge < -0.3 is 14.5 Å². The zero-order valence-corrected chi connectivity index (χ0v) is 13.6. The molecular formula is C16H17N3O3S. The molecule has 2 atom stereocenters. The molecule has 2 fully saturated rings. The van der Waals surface area contributed by atoms with Crippen molar-refractivity contribution in [2.75, 3.05) is 33.4 Å². The van der Waals surface area contributed by atoms with E-state index in [1.165, 1.54) is 11.3 Å². The molecule has 0 radical (unpaired) electrons. The summed E-state index contributed by atoms with van der Waals surface area (Å²) in [5.74, 6) is -0.240. The maximum absolute atomic E-state index is 13.0. The maximum Gasteiger partial charge on any atom is 0.255 e. The van der Waals surface area contributed by atoms with Crippen molar-refractivity contribution in [2.24, 2.45) is 5.92 Å². The second-order valence-electron chi connectivity index (χ2n) is 6.05. The molecule has 0 unspecified atom stereocenters. The largest absolute Gasteiger partial charge is 0.378 e. The first kappa shape index (κ1) is 14.6. The van der Waals surface area contributed by atoms with Crippen LogP contribution in [0.15, 0.2) is 23.7 Å². The van der Waals surface area contributed by atoms with Crippen LogP contribution in [0.3, 0.4) is 0 Å². The van der Waals surface area contributed by atoms with Crippen LogP contribution >= 0.6 is 11.3 Å². The monoisotopic (exact) mass is 331 g/mol. The van der Waals surface area contributed by atoms with E-state index in [9.17, 15) is 9.59 Å². The number of hydrogen-bond acceptors (Lipinski definition) is 5. The topological polar surface area (TPSA) is 62.7 Å². The molecule has 120 valence electrons. The highest BCUT2D eigenvalue weighted by Crippen LogP contribution is 2.26. The molecule has 0 aliphatic carbocycles. The van der Waals surface area contributed by atoms with Gasteiger partial charge in [0.05, 0.1) is 46.5 Å². The summed E-state index contributed by atoms with van der Waals surface area (Å²) in [6, 6.07) is 5.52. The van der Waals surface area contributed by atoms with Crippen molar-refractivity contribution in [3.05, 3.63) is 29.3 Å². The summed E-state index contributed by atoms with van der Waals surface area (Å²) in [5.41, 5.74) is 3.26. The van der Waals surface area contributed by atoms with E-state index >= 15 is 0 Å². The third kappa shape index (κ3) is 2.40. The lowest BCUT2D eigenvalue weighted by molar-refractivity contribution is -0.133. The number of hydrogen-bond donors (Lipinski definition) is 0. The Bertz CT molecular complexity index is 775. The third-order valence-corrected chi connectivity index (χ3v) is 5.50. The fourth-order valence-corrected chi connectivity index (χ4v) is 4.08. The summed E-state index contributed by atoms with van der Waals surface area (Å²) in [6.45, 7) is 1.78. The number of carbonyl (C=O) groups is 2. The summed E-state index contributed by atoms with van der Waals surface area (Å²) in [4.78, 5) is 33.3. The number of thiazole rings is 1. The van der Waals surface area contributed by atoms with Crippen molar-refractivity contribution < 1.29 is 14.3 Å². The van der Waals surface area contributed by atoms with Crippen LogP contribution in [0.25, 0.3) is 10.2 Å². The molecule has 1 aromatic carbocycles. The number of fused-ring (bicyclic) bond motifs is 4. The Morgan fingerprint density at radius 3 is 3.09 bits per heavy atom. The Hall–Kier alpha value is -1.99. The number of carbonyl (C=O) groups excluding carboxylic acids is 2. The van der Waals surface area contributed by atoms with E-state index in [0.29, 0.717) is 31.9 Å². The van der Waals surface area contributed by atoms with Crippen LogP contribution < -0.4 is 0 Å². The van der Waals surface area contributed by atoms with Gasteiger partial charge in [-0.1, -0.05) is 6.07 Å². The van der Waals surface area contributed by atoms with Crippen molar-refractivity contribution in [3.8, 4) is 0 Å². The predicted molar refractivity (Wildman–Crippen MR) is 86.4 cm³/mol. The molecule has 2 saturated heterocycles. The molecule has 6 nitrogen and oxygen atoms in total. The minimum absolute atomic E-state index is 0.0279. The number of benzene rings is 1. The lowest BCUT2D eigenvalue weighted by atomic mass is 10.1. The Morgan fingerprint density at radius 2 is 2.22 bits per heavy atom. The third-order valence-electron chi connectivity index (χ3n) is 4.62. The zero-order valence-electron chi connectivity index (χ0n) is 12.8. The van der Waals surface area contributed by atoms with Crippen molar-refractivity contribution in [1.29, 1.82) is 0 Å². The lowest BCUT2D eigenvalue weighted by Gasteiger charge is -2.29. The van der Waals surface area contributed by atoms with E-state index in [-0.39, 0.29) is 23.8 Å². The molecule has 2 bridgehead atoms. The van der Waals surface area contributed by atoms with Crippen LogP contribution in [-0.4, -0.2) is 66.0 Å². The van der Waals surface area contributed by atoms with Gasteiger partial charge in [0.2, 0.25) is 5.91 Å². The Morgan fingerprint density at radius 1 is 1.35 bits per heavy atom. The molecule has 1 aromatic heterocycles. The van der Waals surface area contributed by atoms with Crippen molar-refractivity contribution >= 4 is 33.4 Å². The van der Waals surface area contributed by atoms with E-state index in [1.54, 1.807) is 22.4 Å². The molecule has 4 rings (SSSR count). The van der Waals surface area contributed by atoms with Gasteiger partial charge in [-0.15, -0.1) is 11.3 Å².